The zero-order chi connectivity index (χ0) is 13.4. The number of anilines is 1. The van der Waals surface area contributed by atoms with Crippen molar-refractivity contribution in [2.75, 3.05) is 12.3 Å². The molecule has 2 unspecified atom stereocenters. The van der Waals surface area contributed by atoms with Gasteiger partial charge in [0.1, 0.15) is 5.75 Å². The average molecular weight is 262 g/mol. The predicted octanol–water partition coefficient (Wildman–Crippen LogP) is 1.27. The van der Waals surface area contributed by atoms with Crippen LogP contribution < -0.4 is 11.1 Å². The van der Waals surface area contributed by atoms with Crippen LogP contribution in [0.15, 0.2) is 18.2 Å². The Balaban J connectivity index is 1.68. The Morgan fingerprint density at radius 3 is 2.84 bits per heavy atom. The summed E-state index contributed by atoms with van der Waals surface area (Å²) in [4.78, 5) is 12.1. The largest absolute Gasteiger partial charge is 0.506 e. The van der Waals surface area contributed by atoms with Gasteiger partial charge in [0.25, 0.3) is 5.91 Å². The van der Waals surface area contributed by atoms with Gasteiger partial charge in [-0.15, -0.1) is 0 Å². The highest BCUT2D eigenvalue weighted by Crippen LogP contribution is 2.38. The molecule has 0 radical (unpaired) electrons. The number of rotatable bonds is 3. The van der Waals surface area contributed by atoms with Gasteiger partial charge in [-0.2, -0.15) is 0 Å². The van der Waals surface area contributed by atoms with Crippen molar-refractivity contribution in [3.63, 3.8) is 0 Å². The lowest BCUT2D eigenvalue weighted by Gasteiger charge is -2.19. The third-order valence-electron chi connectivity index (χ3n) is 3.83. The molecular weight excluding hydrogens is 244 g/mol. The van der Waals surface area contributed by atoms with E-state index in [9.17, 15) is 9.90 Å². The van der Waals surface area contributed by atoms with E-state index in [-0.39, 0.29) is 29.5 Å². The summed E-state index contributed by atoms with van der Waals surface area (Å²) in [6, 6.07) is 4.63. The van der Waals surface area contributed by atoms with Gasteiger partial charge in [-0.05, 0) is 43.4 Å². The van der Waals surface area contributed by atoms with Crippen molar-refractivity contribution in [3.05, 3.63) is 23.8 Å². The van der Waals surface area contributed by atoms with Gasteiger partial charge in [-0.25, -0.2) is 0 Å². The van der Waals surface area contributed by atoms with Crippen molar-refractivity contribution in [2.24, 2.45) is 5.92 Å². The summed E-state index contributed by atoms with van der Waals surface area (Å²) >= 11 is 0. The molecule has 1 aliphatic carbocycles. The third kappa shape index (κ3) is 2.51. The van der Waals surface area contributed by atoms with E-state index in [1.165, 1.54) is 25.0 Å². The van der Waals surface area contributed by atoms with E-state index in [4.69, 9.17) is 10.5 Å². The minimum Gasteiger partial charge on any atom is -0.506 e. The number of phenolic OH excluding ortho intramolecular Hbond substituents is 1. The van der Waals surface area contributed by atoms with E-state index >= 15 is 0 Å². The second-order valence-corrected chi connectivity index (χ2v) is 5.32. The first-order valence-corrected chi connectivity index (χ1v) is 6.66. The number of nitrogen functional groups attached to an aromatic ring is 1. The number of phenols is 1. The lowest BCUT2D eigenvalue weighted by Crippen LogP contribution is -2.41. The number of ether oxygens (including phenoxy) is 1. The van der Waals surface area contributed by atoms with Crippen LogP contribution in [0.5, 0.6) is 5.75 Å². The van der Waals surface area contributed by atoms with Gasteiger partial charge in [0, 0.05) is 12.2 Å². The highest BCUT2D eigenvalue weighted by molar-refractivity contribution is 5.95. The van der Waals surface area contributed by atoms with Crippen LogP contribution in [0.1, 0.15) is 29.6 Å². The van der Waals surface area contributed by atoms with Gasteiger partial charge in [0.2, 0.25) is 0 Å². The lowest BCUT2D eigenvalue weighted by atomic mass is 10.1. The molecule has 2 atom stereocenters. The van der Waals surface area contributed by atoms with E-state index in [0.717, 1.165) is 6.42 Å². The zero-order valence-corrected chi connectivity index (χ0v) is 10.6. The number of carbonyl (C=O) groups is 1. The van der Waals surface area contributed by atoms with Crippen LogP contribution in [-0.2, 0) is 4.74 Å². The Labute approximate surface area is 111 Å². The van der Waals surface area contributed by atoms with Crippen molar-refractivity contribution < 1.29 is 14.6 Å². The van der Waals surface area contributed by atoms with E-state index in [1.54, 1.807) is 6.07 Å². The molecule has 0 bridgehead atoms. The number of aromatic hydroxyl groups is 1. The highest BCUT2D eigenvalue weighted by Gasteiger charge is 2.41. The van der Waals surface area contributed by atoms with Crippen molar-refractivity contribution in [3.8, 4) is 5.75 Å². The molecule has 1 saturated heterocycles. The summed E-state index contributed by atoms with van der Waals surface area (Å²) in [6.07, 6.45) is 3.40. The summed E-state index contributed by atoms with van der Waals surface area (Å²) in [5.41, 5.74) is 6.22. The molecule has 1 aliphatic heterocycles. The molecule has 1 aromatic carbocycles. The molecule has 5 nitrogen and oxygen atoms in total. The van der Waals surface area contributed by atoms with E-state index < -0.39 is 0 Å². The van der Waals surface area contributed by atoms with Crippen LogP contribution >= 0.6 is 0 Å². The molecule has 2 fully saturated rings. The third-order valence-corrected chi connectivity index (χ3v) is 3.83. The van der Waals surface area contributed by atoms with Crippen molar-refractivity contribution in [2.45, 2.75) is 31.4 Å². The minimum absolute atomic E-state index is 0.0611. The normalized spacial score (nSPS) is 26.3. The highest BCUT2D eigenvalue weighted by atomic mass is 16.5. The first-order chi connectivity index (χ1) is 9.15. The number of carbonyl (C=O) groups excluding carboxylic acids is 1. The van der Waals surface area contributed by atoms with Crippen LogP contribution in [0.4, 0.5) is 5.69 Å². The molecule has 19 heavy (non-hydrogen) atoms. The number of amides is 1. The fourth-order valence-electron chi connectivity index (χ4n) is 2.59. The molecule has 1 heterocycles. The fourth-order valence-corrected chi connectivity index (χ4v) is 2.59. The lowest BCUT2D eigenvalue weighted by molar-refractivity contribution is 0.0729. The summed E-state index contributed by atoms with van der Waals surface area (Å²) in [7, 11) is 0. The Hall–Kier alpha value is -1.75. The van der Waals surface area contributed by atoms with Crippen LogP contribution in [0.25, 0.3) is 0 Å². The smallest absolute Gasteiger partial charge is 0.251 e. The second-order valence-electron chi connectivity index (χ2n) is 5.32. The molecule has 3 rings (SSSR count). The summed E-state index contributed by atoms with van der Waals surface area (Å²) in [5.74, 6) is 0.359. The number of hydrogen-bond donors (Lipinski definition) is 3. The van der Waals surface area contributed by atoms with E-state index in [1.807, 2.05) is 0 Å². The monoisotopic (exact) mass is 262 g/mol. The standard InChI is InChI=1S/C14H18N2O3/c15-10-4-3-9(7-12(10)17)14(18)16-11-5-6-19-13(11)8-1-2-8/h3-4,7-8,11,13,17H,1-2,5-6,15H2,(H,16,18). The quantitative estimate of drug-likeness (QED) is 0.566. The minimum atomic E-state index is -0.184. The van der Waals surface area contributed by atoms with Crippen LogP contribution in [-0.4, -0.2) is 29.8 Å². The maximum absolute atomic E-state index is 12.1. The summed E-state index contributed by atoms with van der Waals surface area (Å²) < 4.78 is 5.68. The van der Waals surface area contributed by atoms with Gasteiger partial charge in [0.05, 0.1) is 17.8 Å². The number of nitrogens with one attached hydrogen (secondary N) is 1. The molecule has 1 amide bonds. The Morgan fingerprint density at radius 2 is 2.16 bits per heavy atom. The number of nitrogens with two attached hydrogens (primary N) is 1. The Kier molecular flexibility index (Phi) is 3.06. The van der Waals surface area contributed by atoms with Gasteiger partial charge in [-0.1, -0.05) is 0 Å². The van der Waals surface area contributed by atoms with Gasteiger partial charge in [-0.3, -0.25) is 4.79 Å². The summed E-state index contributed by atoms with van der Waals surface area (Å²) in [6.45, 7) is 0.707. The SMILES string of the molecule is Nc1ccc(C(=O)NC2CCOC2C2CC2)cc1O. The number of hydrogen-bond acceptors (Lipinski definition) is 4. The van der Waals surface area contributed by atoms with Crippen molar-refractivity contribution >= 4 is 11.6 Å². The molecule has 5 heteroatoms. The molecular formula is C14H18N2O3. The fraction of sp³-hybridized carbons (Fsp3) is 0.500. The van der Waals surface area contributed by atoms with Gasteiger partial charge >= 0.3 is 0 Å². The zero-order valence-electron chi connectivity index (χ0n) is 10.6. The van der Waals surface area contributed by atoms with Crippen LogP contribution in [0, 0.1) is 5.92 Å². The van der Waals surface area contributed by atoms with E-state index in [0.29, 0.717) is 18.1 Å². The molecule has 0 spiro atoms. The van der Waals surface area contributed by atoms with Crippen LogP contribution in [0.2, 0.25) is 0 Å². The molecule has 1 aromatic rings. The Bertz CT molecular complexity index is 499. The van der Waals surface area contributed by atoms with Gasteiger partial charge < -0.3 is 20.9 Å². The predicted molar refractivity (Wildman–Crippen MR) is 70.9 cm³/mol. The summed E-state index contributed by atoms with van der Waals surface area (Å²) in [5, 5.41) is 12.5. The molecule has 2 aliphatic rings. The second kappa shape index (κ2) is 4.74. The average Bonchev–Trinajstić information content (AvgIpc) is 3.13. The molecule has 0 aromatic heterocycles. The number of benzene rings is 1. The van der Waals surface area contributed by atoms with Crippen molar-refractivity contribution in [1.29, 1.82) is 0 Å². The maximum atomic E-state index is 12.1. The van der Waals surface area contributed by atoms with E-state index in [2.05, 4.69) is 5.32 Å². The first kappa shape index (κ1) is 12.3. The Morgan fingerprint density at radius 1 is 1.37 bits per heavy atom. The first-order valence-electron chi connectivity index (χ1n) is 6.66. The maximum Gasteiger partial charge on any atom is 0.251 e. The van der Waals surface area contributed by atoms with Gasteiger partial charge in [0.15, 0.2) is 0 Å². The van der Waals surface area contributed by atoms with Crippen molar-refractivity contribution in [1.82, 2.24) is 5.32 Å². The topological polar surface area (TPSA) is 84.6 Å². The van der Waals surface area contributed by atoms with Crippen LogP contribution in [0.3, 0.4) is 0 Å². The molecule has 102 valence electrons. The molecule has 1 saturated carbocycles. The molecule has 4 N–H and O–H groups in total.